The van der Waals surface area contributed by atoms with Crippen LogP contribution in [0.25, 0.3) is 16.8 Å². The minimum absolute atomic E-state index is 0.305. The van der Waals surface area contributed by atoms with E-state index in [2.05, 4.69) is 4.90 Å². The second-order valence-electron chi connectivity index (χ2n) is 9.02. The Balaban J connectivity index is 1.62. The van der Waals surface area contributed by atoms with Crippen molar-refractivity contribution in [3.05, 3.63) is 66.2 Å². The van der Waals surface area contributed by atoms with Gasteiger partial charge in [0.05, 0.1) is 23.8 Å². The molecule has 0 atom stereocenters. The van der Waals surface area contributed by atoms with E-state index in [1.54, 1.807) is 32.0 Å². The van der Waals surface area contributed by atoms with Crippen LogP contribution >= 0.6 is 0 Å². The van der Waals surface area contributed by atoms with Gasteiger partial charge in [-0.3, -0.25) is 4.90 Å². The van der Waals surface area contributed by atoms with Crippen molar-refractivity contribution in [1.29, 1.82) is 0 Å². The highest BCUT2D eigenvalue weighted by molar-refractivity contribution is 7.90. The fraction of sp³-hybridized carbons (Fsp3) is 0.400. The molecule has 1 fully saturated rings. The van der Waals surface area contributed by atoms with Crippen LogP contribution in [-0.4, -0.2) is 67.1 Å². The molecule has 1 aliphatic rings. The van der Waals surface area contributed by atoms with Crippen molar-refractivity contribution < 1.29 is 18.3 Å². The summed E-state index contributed by atoms with van der Waals surface area (Å²) in [6.07, 6.45) is 3.87. The van der Waals surface area contributed by atoms with Crippen LogP contribution in [0.3, 0.4) is 0 Å². The molecule has 0 radical (unpaired) electrons. The summed E-state index contributed by atoms with van der Waals surface area (Å²) in [5.41, 5.74) is 2.31. The summed E-state index contributed by atoms with van der Waals surface area (Å²) in [6.45, 7) is 7.70. The van der Waals surface area contributed by atoms with Gasteiger partial charge in [0.1, 0.15) is 11.4 Å². The van der Waals surface area contributed by atoms with Gasteiger partial charge < -0.3 is 14.4 Å². The van der Waals surface area contributed by atoms with Crippen molar-refractivity contribution in [1.82, 2.24) is 14.5 Å². The first-order valence-electron chi connectivity index (χ1n) is 11.1. The molecule has 1 aromatic heterocycles. The maximum atomic E-state index is 11.9. The highest BCUT2D eigenvalue weighted by Crippen LogP contribution is 2.26. The zero-order valence-electron chi connectivity index (χ0n) is 19.4. The Hall–Kier alpha value is -2.52. The average molecular weight is 470 g/mol. The fourth-order valence-electron chi connectivity index (χ4n) is 3.92. The predicted octanol–water partition coefficient (Wildman–Crippen LogP) is 3.04. The molecule has 4 rings (SSSR count). The minimum atomic E-state index is -3.26. The molecular weight excluding hydrogens is 438 g/mol. The first-order chi connectivity index (χ1) is 15.6. The summed E-state index contributed by atoms with van der Waals surface area (Å²) in [4.78, 5) is 7.42. The average Bonchev–Trinajstić information content (AvgIpc) is 3.23. The van der Waals surface area contributed by atoms with E-state index in [9.17, 15) is 13.5 Å². The molecular formula is C25H31N3O4S. The van der Waals surface area contributed by atoms with Gasteiger partial charge in [0.15, 0.2) is 9.84 Å². The zero-order chi connectivity index (χ0) is 23.6. The van der Waals surface area contributed by atoms with Gasteiger partial charge in [-0.25, -0.2) is 13.4 Å². The first kappa shape index (κ1) is 23.6. The molecule has 33 heavy (non-hydrogen) atoms. The standard InChI is InChI=1S/C25H31N3O4S/c1-25(2,29)23-18-28(24(26-23)11-12-27-13-15-32-16-14-27)21-9-7-19(8-10-21)20-5-4-6-22(17-20)33(3,30)31/h4-10,17-18,29H,11-16H2,1-3H3. The quantitative estimate of drug-likeness (QED) is 0.573. The van der Waals surface area contributed by atoms with Crippen molar-refractivity contribution in [2.45, 2.75) is 30.8 Å². The Morgan fingerprint density at radius 1 is 1.06 bits per heavy atom. The van der Waals surface area contributed by atoms with Crippen LogP contribution < -0.4 is 0 Å². The molecule has 0 saturated carbocycles. The highest BCUT2D eigenvalue weighted by atomic mass is 32.2. The van der Waals surface area contributed by atoms with Crippen molar-refractivity contribution in [3.8, 4) is 16.8 Å². The van der Waals surface area contributed by atoms with Gasteiger partial charge in [0, 0.05) is 44.2 Å². The summed E-state index contributed by atoms with van der Waals surface area (Å²) >= 11 is 0. The lowest BCUT2D eigenvalue weighted by Gasteiger charge is -2.26. The fourth-order valence-corrected chi connectivity index (χ4v) is 4.58. The molecule has 0 amide bonds. The molecule has 7 nitrogen and oxygen atoms in total. The lowest BCUT2D eigenvalue weighted by Crippen LogP contribution is -2.37. The third kappa shape index (κ3) is 5.70. The lowest BCUT2D eigenvalue weighted by molar-refractivity contribution is 0.0381. The van der Waals surface area contributed by atoms with Crippen LogP contribution in [0.4, 0.5) is 0 Å². The smallest absolute Gasteiger partial charge is 0.175 e. The van der Waals surface area contributed by atoms with Crippen molar-refractivity contribution in [2.24, 2.45) is 0 Å². The number of hydrogen-bond acceptors (Lipinski definition) is 6. The molecule has 8 heteroatoms. The van der Waals surface area contributed by atoms with Crippen molar-refractivity contribution in [3.63, 3.8) is 0 Å². The molecule has 176 valence electrons. The molecule has 0 aliphatic carbocycles. The number of imidazole rings is 1. The van der Waals surface area contributed by atoms with Gasteiger partial charge in [-0.05, 0) is 49.2 Å². The number of sulfone groups is 1. The van der Waals surface area contributed by atoms with E-state index in [1.165, 1.54) is 6.26 Å². The normalized spacial score (nSPS) is 15.6. The second kappa shape index (κ2) is 9.38. The maximum Gasteiger partial charge on any atom is 0.175 e. The molecule has 1 aliphatic heterocycles. The van der Waals surface area contributed by atoms with Crippen LogP contribution in [0.1, 0.15) is 25.4 Å². The summed E-state index contributed by atoms with van der Waals surface area (Å²) in [6, 6.07) is 14.9. The molecule has 1 N–H and O–H groups in total. The number of benzene rings is 2. The molecule has 0 spiro atoms. The Morgan fingerprint density at radius 3 is 2.39 bits per heavy atom. The summed E-state index contributed by atoms with van der Waals surface area (Å²) < 4.78 is 31.3. The van der Waals surface area contributed by atoms with E-state index in [0.717, 1.165) is 61.9 Å². The van der Waals surface area contributed by atoms with Gasteiger partial charge in [-0.15, -0.1) is 0 Å². The Labute approximate surface area is 195 Å². The van der Waals surface area contributed by atoms with Crippen LogP contribution in [0.15, 0.2) is 59.6 Å². The number of hydrogen-bond donors (Lipinski definition) is 1. The Kier molecular flexibility index (Phi) is 6.72. The van der Waals surface area contributed by atoms with E-state index in [0.29, 0.717) is 10.6 Å². The summed E-state index contributed by atoms with van der Waals surface area (Å²) in [5.74, 6) is 0.894. The number of aromatic nitrogens is 2. The Morgan fingerprint density at radius 2 is 1.76 bits per heavy atom. The van der Waals surface area contributed by atoms with Gasteiger partial charge in [-0.1, -0.05) is 24.3 Å². The SMILES string of the molecule is CC(C)(O)c1cn(-c2ccc(-c3cccc(S(C)(=O)=O)c3)cc2)c(CCN2CCOCC2)n1. The van der Waals surface area contributed by atoms with Crippen LogP contribution in [-0.2, 0) is 26.6 Å². The zero-order valence-corrected chi connectivity index (χ0v) is 20.2. The third-order valence-corrected chi connectivity index (χ3v) is 7.01. The van der Waals surface area contributed by atoms with E-state index in [-0.39, 0.29) is 0 Å². The number of rotatable bonds is 7. The highest BCUT2D eigenvalue weighted by Gasteiger charge is 2.23. The first-order valence-corrected chi connectivity index (χ1v) is 13.0. The molecule has 0 unspecified atom stereocenters. The lowest BCUT2D eigenvalue weighted by atomic mass is 10.1. The van der Waals surface area contributed by atoms with E-state index < -0.39 is 15.4 Å². The predicted molar refractivity (Wildman–Crippen MR) is 128 cm³/mol. The minimum Gasteiger partial charge on any atom is -0.384 e. The van der Waals surface area contributed by atoms with Crippen LogP contribution in [0.5, 0.6) is 0 Å². The third-order valence-electron chi connectivity index (χ3n) is 5.90. The molecule has 1 saturated heterocycles. The largest absolute Gasteiger partial charge is 0.384 e. The second-order valence-corrected chi connectivity index (χ2v) is 11.0. The summed E-state index contributed by atoms with van der Waals surface area (Å²) in [7, 11) is -3.26. The van der Waals surface area contributed by atoms with Crippen LogP contribution in [0.2, 0.25) is 0 Å². The van der Waals surface area contributed by atoms with Gasteiger partial charge >= 0.3 is 0 Å². The van der Waals surface area contributed by atoms with Gasteiger partial charge in [0.2, 0.25) is 0 Å². The van der Waals surface area contributed by atoms with Gasteiger partial charge in [0.25, 0.3) is 0 Å². The van der Waals surface area contributed by atoms with Crippen molar-refractivity contribution in [2.75, 3.05) is 39.1 Å². The maximum absolute atomic E-state index is 11.9. The Bertz CT molecular complexity index is 1210. The summed E-state index contributed by atoms with van der Waals surface area (Å²) in [5, 5.41) is 10.5. The number of morpholine rings is 1. The monoisotopic (exact) mass is 469 g/mol. The van der Waals surface area contributed by atoms with Crippen molar-refractivity contribution >= 4 is 9.84 Å². The molecule has 3 aromatic rings. The van der Waals surface area contributed by atoms with Crippen LogP contribution in [0, 0.1) is 0 Å². The van der Waals surface area contributed by atoms with E-state index in [4.69, 9.17) is 9.72 Å². The van der Waals surface area contributed by atoms with E-state index >= 15 is 0 Å². The number of ether oxygens (including phenoxy) is 1. The van der Waals surface area contributed by atoms with Gasteiger partial charge in [-0.2, -0.15) is 0 Å². The topological polar surface area (TPSA) is 84.7 Å². The number of aliphatic hydroxyl groups is 1. The number of nitrogens with zero attached hydrogens (tertiary/aromatic N) is 3. The molecule has 2 aromatic carbocycles. The molecule has 0 bridgehead atoms. The molecule has 2 heterocycles. The van der Waals surface area contributed by atoms with E-state index in [1.807, 2.05) is 41.1 Å².